The van der Waals surface area contributed by atoms with Gasteiger partial charge in [0.15, 0.2) is 5.69 Å². The number of primary amides is 1. The SMILES string of the molecule is C[C@@H](Cc1cc(C(N)=O)no1)C(=O)OC(C)(C)C. The molecule has 1 aromatic heterocycles. The highest BCUT2D eigenvalue weighted by Crippen LogP contribution is 2.15. The first-order valence-corrected chi connectivity index (χ1v) is 5.67. The van der Waals surface area contributed by atoms with Crippen molar-refractivity contribution in [1.29, 1.82) is 0 Å². The van der Waals surface area contributed by atoms with Crippen LogP contribution in [0.1, 0.15) is 43.9 Å². The first-order chi connectivity index (χ1) is 8.19. The quantitative estimate of drug-likeness (QED) is 0.817. The van der Waals surface area contributed by atoms with Gasteiger partial charge in [-0.15, -0.1) is 0 Å². The smallest absolute Gasteiger partial charge is 0.309 e. The Morgan fingerprint density at radius 1 is 1.50 bits per heavy atom. The molecule has 0 fully saturated rings. The Hall–Kier alpha value is -1.85. The van der Waals surface area contributed by atoms with Crippen LogP contribution in [0.5, 0.6) is 0 Å². The van der Waals surface area contributed by atoms with Gasteiger partial charge in [0.2, 0.25) is 0 Å². The molecular formula is C12H18N2O4. The van der Waals surface area contributed by atoms with Crippen LogP contribution in [0.3, 0.4) is 0 Å². The first-order valence-electron chi connectivity index (χ1n) is 5.67. The molecule has 0 aromatic carbocycles. The summed E-state index contributed by atoms with van der Waals surface area (Å²) in [6.07, 6.45) is 0.315. The molecule has 6 heteroatoms. The largest absolute Gasteiger partial charge is 0.460 e. The number of aromatic nitrogens is 1. The second kappa shape index (κ2) is 5.20. The zero-order chi connectivity index (χ0) is 13.9. The van der Waals surface area contributed by atoms with Crippen molar-refractivity contribution in [2.75, 3.05) is 0 Å². The molecule has 0 bridgehead atoms. The maximum atomic E-state index is 11.7. The summed E-state index contributed by atoms with van der Waals surface area (Å²) in [6, 6.07) is 1.43. The van der Waals surface area contributed by atoms with Crippen molar-refractivity contribution >= 4 is 11.9 Å². The Balaban J connectivity index is 2.61. The van der Waals surface area contributed by atoms with E-state index in [9.17, 15) is 9.59 Å². The van der Waals surface area contributed by atoms with Gasteiger partial charge in [-0.3, -0.25) is 9.59 Å². The molecule has 0 aliphatic rings. The van der Waals surface area contributed by atoms with Crippen molar-refractivity contribution in [1.82, 2.24) is 5.16 Å². The van der Waals surface area contributed by atoms with Crippen molar-refractivity contribution in [3.8, 4) is 0 Å². The van der Waals surface area contributed by atoms with Gasteiger partial charge in [-0.1, -0.05) is 12.1 Å². The van der Waals surface area contributed by atoms with Gasteiger partial charge in [-0.25, -0.2) is 0 Å². The van der Waals surface area contributed by atoms with Crippen LogP contribution < -0.4 is 5.73 Å². The monoisotopic (exact) mass is 254 g/mol. The van der Waals surface area contributed by atoms with Crippen molar-refractivity contribution in [3.63, 3.8) is 0 Å². The van der Waals surface area contributed by atoms with Gasteiger partial charge in [0.25, 0.3) is 5.91 Å². The van der Waals surface area contributed by atoms with E-state index in [0.717, 1.165) is 0 Å². The number of rotatable bonds is 4. The molecule has 1 amide bonds. The third kappa shape index (κ3) is 4.20. The zero-order valence-corrected chi connectivity index (χ0v) is 11.0. The number of ether oxygens (including phenoxy) is 1. The number of hydrogen-bond acceptors (Lipinski definition) is 5. The van der Waals surface area contributed by atoms with E-state index in [1.54, 1.807) is 27.7 Å². The number of carbonyl (C=O) groups excluding carboxylic acids is 2. The van der Waals surface area contributed by atoms with Crippen LogP contribution in [0.2, 0.25) is 0 Å². The van der Waals surface area contributed by atoms with Crippen molar-refractivity contribution in [2.45, 2.75) is 39.7 Å². The summed E-state index contributed by atoms with van der Waals surface area (Å²) in [7, 11) is 0. The van der Waals surface area contributed by atoms with Gasteiger partial charge in [-0.2, -0.15) is 0 Å². The number of carbonyl (C=O) groups is 2. The molecule has 1 atom stereocenters. The van der Waals surface area contributed by atoms with E-state index >= 15 is 0 Å². The van der Waals surface area contributed by atoms with E-state index in [-0.39, 0.29) is 17.6 Å². The highest BCUT2D eigenvalue weighted by molar-refractivity contribution is 5.90. The molecule has 18 heavy (non-hydrogen) atoms. The Morgan fingerprint density at radius 2 is 2.11 bits per heavy atom. The molecule has 1 rings (SSSR count). The predicted molar refractivity (Wildman–Crippen MR) is 63.7 cm³/mol. The van der Waals surface area contributed by atoms with Gasteiger partial charge in [-0.05, 0) is 20.8 Å². The molecule has 2 N–H and O–H groups in total. The second-order valence-corrected chi connectivity index (χ2v) is 5.18. The molecule has 1 heterocycles. The van der Waals surface area contributed by atoms with Gasteiger partial charge >= 0.3 is 5.97 Å². The molecule has 100 valence electrons. The van der Waals surface area contributed by atoms with Crippen LogP contribution in [0.4, 0.5) is 0 Å². The number of nitrogens with two attached hydrogens (primary N) is 1. The van der Waals surface area contributed by atoms with E-state index in [4.69, 9.17) is 15.0 Å². The molecule has 0 saturated heterocycles. The van der Waals surface area contributed by atoms with Crippen LogP contribution in [-0.2, 0) is 16.0 Å². The number of hydrogen-bond donors (Lipinski definition) is 1. The second-order valence-electron chi connectivity index (χ2n) is 5.18. The number of esters is 1. The molecule has 0 aliphatic heterocycles. The molecule has 1 aromatic rings. The lowest BCUT2D eigenvalue weighted by Gasteiger charge is -2.21. The van der Waals surface area contributed by atoms with Gasteiger partial charge < -0.3 is 15.0 Å². The van der Waals surface area contributed by atoms with Crippen LogP contribution in [0, 0.1) is 5.92 Å². The van der Waals surface area contributed by atoms with Gasteiger partial charge in [0.05, 0.1) is 5.92 Å². The maximum Gasteiger partial charge on any atom is 0.309 e. The lowest BCUT2D eigenvalue weighted by atomic mass is 10.1. The third-order valence-corrected chi connectivity index (χ3v) is 2.13. The topological polar surface area (TPSA) is 95.4 Å². The Labute approximate surface area is 105 Å². The summed E-state index contributed by atoms with van der Waals surface area (Å²) >= 11 is 0. The molecule has 0 unspecified atom stereocenters. The summed E-state index contributed by atoms with van der Waals surface area (Å²) in [5.74, 6) is -0.922. The summed E-state index contributed by atoms with van der Waals surface area (Å²) in [4.78, 5) is 22.6. The minimum Gasteiger partial charge on any atom is -0.460 e. The first kappa shape index (κ1) is 14.2. The third-order valence-electron chi connectivity index (χ3n) is 2.13. The van der Waals surface area contributed by atoms with Gasteiger partial charge in [0.1, 0.15) is 11.4 Å². The lowest BCUT2D eigenvalue weighted by molar-refractivity contribution is -0.159. The van der Waals surface area contributed by atoms with Crippen LogP contribution in [-0.4, -0.2) is 22.6 Å². The number of nitrogens with zero attached hydrogens (tertiary/aromatic N) is 1. The molecule has 0 aliphatic carbocycles. The summed E-state index contributed by atoms with van der Waals surface area (Å²) in [6.45, 7) is 7.13. The Kier molecular flexibility index (Phi) is 4.11. The highest BCUT2D eigenvalue weighted by Gasteiger charge is 2.23. The van der Waals surface area contributed by atoms with Crippen LogP contribution >= 0.6 is 0 Å². The van der Waals surface area contributed by atoms with Crippen LogP contribution in [0.25, 0.3) is 0 Å². The standard InChI is InChI=1S/C12H18N2O4/c1-7(11(16)17-12(2,3)4)5-8-6-9(10(13)15)14-18-8/h6-7H,5H2,1-4H3,(H2,13,15)/t7-/m0/s1. The van der Waals surface area contributed by atoms with E-state index in [0.29, 0.717) is 12.2 Å². The fourth-order valence-electron chi connectivity index (χ4n) is 1.31. The average Bonchev–Trinajstić information content (AvgIpc) is 2.63. The van der Waals surface area contributed by atoms with E-state index in [1.165, 1.54) is 6.07 Å². The molecule has 6 nitrogen and oxygen atoms in total. The van der Waals surface area contributed by atoms with Crippen molar-refractivity contribution in [3.05, 3.63) is 17.5 Å². The lowest BCUT2D eigenvalue weighted by Crippen LogP contribution is -2.28. The predicted octanol–water partition coefficient (Wildman–Crippen LogP) is 1.29. The minimum atomic E-state index is -0.657. The van der Waals surface area contributed by atoms with E-state index in [2.05, 4.69) is 5.16 Å². The molecular weight excluding hydrogens is 236 g/mol. The van der Waals surface area contributed by atoms with Crippen molar-refractivity contribution < 1.29 is 18.8 Å². The summed E-state index contributed by atoms with van der Waals surface area (Å²) in [5, 5.41) is 3.50. The van der Waals surface area contributed by atoms with Crippen LogP contribution in [0.15, 0.2) is 10.6 Å². The minimum absolute atomic E-state index is 0.0568. The molecule has 0 radical (unpaired) electrons. The molecule has 0 saturated carbocycles. The zero-order valence-electron chi connectivity index (χ0n) is 11.0. The Morgan fingerprint density at radius 3 is 2.56 bits per heavy atom. The molecule has 0 spiro atoms. The summed E-state index contributed by atoms with van der Waals surface area (Å²) in [5.41, 5.74) is 4.58. The fraction of sp³-hybridized carbons (Fsp3) is 0.583. The van der Waals surface area contributed by atoms with E-state index in [1.807, 2.05) is 0 Å². The Bertz CT molecular complexity index is 445. The average molecular weight is 254 g/mol. The normalized spacial score (nSPS) is 13.1. The van der Waals surface area contributed by atoms with Crippen molar-refractivity contribution in [2.24, 2.45) is 11.7 Å². The number of amides is 1. The van der Waals surface area contributed by atoms with Gasteiger partial charge in [0, 0.05) is 12.5 Å². The fourth-order valence-corrected chi connectivity index (χ4v) is 1.31. The highest BCUT2D eigenvalue weighted by atomic mass is 16.6. The summed E-state index contributed by atoms with van der Waals surface area (Å²) < 4.78 is 10.2. The maximum absolute atomic E-state index is 11.7. The van der Waals surface area contributed by atoms with E-state index < -0.39 is 11.5 Å².